The molecule has 0 spiro atoms. The number of imide groups is 1. The molecule has 0 bridgehead atoms. The van der Waals surface area contributed by atoms with E-state index in [0.717, 1.165) is 21.6 Å². The van der Waals surface area contributed by atoms with Gasteiger partial charge in [0.15, 0.2) is 0 Å². The van der Waals surface area contributed by atoms with Crippen molar-refractivity contribution in [3.8, 4) is 0 Å². The van der Waals surface area contributed by atoms with Crippen LogP contribution in [0, 0.1) is 0 Å². The summed E-state index contributed by atoms with van der Waals surface area (Å²) in [6, 6.07) is 9.19. The van der Waals surface area contributed by atoms with Crippen molar-refractivity contribution in [3.05, 3.63) is 71.7 Å². The van der Waals surface area contributed by atoms with Crippen molar-refractivity contribution in [1.82, 2.24) is 30.7 Å². The standard InChI is InChI=1S/C31H34N8O8S2/c1-4-36-14-15-38(26(43)25(36)42)30(47)33-22(19-8-6-5-7-9-19)24(41)34-31(32-18-40)28(46)39-23(27(44)45)20(17-49-29(31)39)16-48-21-10-12-37(13-11-21)35(2)3/h5-13,18,22,29H,4,14-17H2,1-3H3,(H3-,32,33,34,40,41,44,45,47)/t22?,29-,31-/m1/s1. The number of carboxylic acid groups (broad SMARTS) is 1. The summed E-state index contributed by atoms with van der Waals surface area (Å²) in [4.78, 5) is 94.2. The van der Waals surface area contributed by atoms with Gasteiger partial charge in [-0.05, 0) is 18.1 Å². The third kappa shape index (κ3) is 6.78. The van der Waals surface area contributed by atoms with E-state index in [2.05, 4.69) is 16.0 Å². The summed E-state index contributed by atoms with van der Waals surface area (Å²) in [6.07, 6.45) is 3.91. The quantitative estimate of drug-likeness (QED) is 0.0545. The van der Waals surface area contributed by atoms with Crippen molar-refractivity contribution in [2.75, 3.05) is 50.2 Å². The highest BCUT2D eigenvalue weighted by molar-refractivity contribution is 8.01. The number of β-lactam (4-membered cyclic amide) rings is 1. The van der Waals surface area contributed by atoms with Crippen LogP contribution in [0.1, 0.15) is 18.5 Å². The molecule has 2 fully saturated rings. The van der Waals surface area contributed by atoms with Crippen molar-refractivity contribution >= 4 is 65.6 Å². The second kappa shape index (κ2) is 14.6. The van der Waals surface area contributed by atoms with Crippen LogP contribution in [-0.4, -0.2) is 113 Å². The van der Waals surface area contributed by atoms with Crippen molar-refractivity contribution in [1.29, 1.82) is 0 Å². The highest BCUT2D eigenvalue weighted by Gasteiger charge is 2.65. The van der Waals surface area contributed by atoms with Gasteiger partial charge in [0, 0.05) is 48.2 Å². The molecule has 0 radical (unpaired) electrons. The Morgan fingerprint density at radius 2 is 1.80 bits per heavy atom. The average molecular weight is 711 g/mol. The smallest absolute Gasteiger partial charge is 0.325 e. The fraction of sp³-hybridized carbons (Fsp3) is 0.355. The number of carbonyl (C=O) groups is 7. The first-order valence-electron chi connectivity index (χ1n) is 15.1. The zero-order valence-corrected chi connectivity index (χ0v) is 28.4. The van der Waals surface area contributed by atoms with E-state index in [1.807, 2.05) is 48.3 Å². The van der Waals surface area contributed by atoms with Gasteiger partial charge in [-0.25, -0.2) is 4.79 Å². The summed E-state index contributed by atoms with van der Waals surface area (Å²) in [6.45, 7) is 1.99. The van der Waals surface area contributed by atoms with E-state index in [9.17, 15) is 38.7 Å². The molecule has 1 aromatic heterocycles. The Labute approximate surface area is 289 Å². The molecule has 258 valence electrons. The monoisotopic (exact) mass is 710 g/mol. The molecule has 0 saturated carbocycles. The highest BCUT2D eigenvalue weighted by Crippen LogP contribution is 2.45. The number of hydrogen-bond donors (Lipinski definition) is 3. The van der Waals surface area contributed by atoms with Crippen LogP contribution in [0.4, 0.5) is 4.79 Å². The van der Waals surface area contributed by atoms with Gasteiger partial charge >= 0.3 is 17.8 Å². The Bertz CT molecular complexity index is 1710. The van der Waals surface area contributed by atoms with Crippen LogP contribution < -0.4 is 30.7 Å². The number of nitrogens with one attached hydrogen (secondary N) is 3. The fourth-order valence-electron chi connectivity index (χ4n) is 5.62. The SMILES string of the molecule is CCN1CCN(C(=O)NC(C(=O)N[C@]2(NC=O)C(=O)N3C(C(=O)[O-])=C(CSc4cc[n+](N(C)C)cc4)CS[C@@H]32)c2ccccc2)C(=O)C1=O. The highest BCUT2D eigenvalue weighted by atomic mass is 32.2. The molecule has 18 heteroatoms. The van der Waals surface area contributed by atoms with E-state index in [-0.39, 0.29) is 48.8 Å². The van der Waals surface area contributed by atoms with E-state index in [4.69, 9.17) is 0 Å². The molecule has 3 aliphatic rings. The molecule has 3 aliphatic heterocycles. The summed E-state index contributed by atoms with van der Waals surface area (Å²) in [5, 5.41) is 20.6. The molecule has 7 amide bonds. The molecule has 1 unspecified atom stereocenters. The minimum Gasteiger partial charge on any atom is -0.543 e. The fourth-order valence-corrected chi connectivity index (χ4v) is 8.07. The number of urea groups is 1. The lowest BCUT2D eigenvalue weighted by Gasteiger charge is -2.57. The number of aliphatic carboxylic acids is 1. The van der Waals surface area contributed by atoms with E-state index in [1.54, 1.807) is 25.1 Å². The number of rotatable bonds is 12. The average Bonchev–Trinajstić information content (AvgIpc) is 3.10. The van der Waals surface area contributed by atoms with E-state index in [0.29, 0.717) is 10.5 Å². The van der Waals surface area contributed by atoms with Gasteiger partial charge in [0.25, 0.3) is 5.91 Å². The summed E-state index contributed by atoms with van der Waals surface area (Å²) >= 11 is 2.51. The number of carbonyl (C=O) groups excluding carboxylic acids is 7. The van der Waals surface area contributed by atoms with Gasteiger partial charge in [-0.3, -0.25) is 33.8 Å². The molecule has 3 N–H and O–H groups in total. The summed E-state index contributed by atoms with van der Waals surface area (Å²) < 4.78 is 1.85. The predicted octanol–water partition coefficient (Wildman–Crippen LogP) is -2.12. The Morgan fingerprint density at radius 1 is 1.10 bits per heavy atom. The first-order valence-corrected chi connectivity index (χ1v) is 17.2. The summed E-state index contributed by atoms with van der Waals surface area (Å²) in [5.74, 6) is -4.98. The van der Waals surface area contributed by atoms with E-state index >= 15 is 0 Å². The predicted molar refractivity (Wildman–Crippen MR) is 174 cm³/mol. The first kappa shape index (κ1) is 35.2. The maximum Gasteiger partial charge on any atom is 0.325 e. The van der Waals surface area contributed by atoms with Gasteiger partial charge in [0.2, 0.25) is 30.4 Å². The topological polar surface area (TPSA) is 195 Å². The first-order chi connectivity index (χ1) is 23.4. The number of amides is 7. The van der Waals surface area contributed by atoms with Crippen LogP contribution in [0.3, 0.4) is 0 Å². The van der Waals surface area contributed by atoms with Crippen LogP contribution in [-0.2, 0) is 28.8 Å². The van der Waals surface area contributed by atoms with Crippen LogP contribution >= 0.6 is 23.5 Å². The molecule has 0 aliphatic carbocycles. The number of pyridine rings is 1. The number of piperazine rings is 1. The van der Waals surface area contributed by atoms with Crippen molar-refractivity contribution < 1.29 is 43.3 Å². The van der Waals surface area contributed by atoms with Gasteiger partial charge in [-0.1, -0.05) is 35.0 Å². The molecule has 5 rings (SSSR count). The Balaban J connectivity index is 1.37. The Kier molecular flexibility index (Phi) is 10.5. The minimum atomic E-state index is -2.07. The maximum atomic E-state index is 13.9. The summed E-state index contributed by atoms with van der Waals surface area (Å²) in [5.41, 5.74) is -1.72. The maximum absolute atomic E-state index is 13.9. The van der Waals surface area contributed by atoms with Gasteiger partial charge in [-0.2, -0.15) is 5.01 Å². The molecule has 2 aromatic rings. The van der Waals surface area contributed by atoms with Crippen LogP contribution in [0.2, 0.25) is 0 Å². The second-order valence-corrected chi connectivity index (χ2v) is 13.4. The molecule has 3 atom stereocenters. The van der Waals surface area contributed by atoms with Crippen LogP contribution in [0.25, 0.3) is 0 Å². The van der Waals surface area contributed by atoms with Crippen LogP contribution in [0.15, 0.2) is 71.0 Å². The van der Waals surface area contributed by atoms with Crippen molar-refractivity contribution in [2.24, 2.45) is 0 Å². The van der Waals surface area contributed by atoms with Crippen LogP contribution in [0.5, 0.6) is 0 Å². The second-order valence-electron chi connectivity index (χ2n) is 11.3. The summed E-state index contributed by atoms with van der Waals surface area (Å²) in [7, 11) is 3.76. The molecule has 49 heavy (non-hydrogen) atoms. The molecular weight excluding hydrogens is 677 g/mol. The largest absolute Gasteiger partial charge is 0.543 e. The number of benzene rings is 1. The number of hydrogen-bond acceptors (Lipinski definition) is 11. The van der Waals surface area contributed by atoms with E-state index < -0.39 is 52.7 Å². The molecule has 16 nitrogen and oxygen atoms in total. The number of carboxylic acids is 1. The Hall–Kier alpha value is -5.10. The molecule has 4 heterocycles. The van der Waals surface area contributed by atoms with E-state index in [1.165, 1.54) is 28.8 Å². The molecule has 1 aromatic carbocycles. The normalized spacial score (nSPS) is 21.0. The third-order valence-electron chi connectivity index (χ3n) is 8.21. The lowest BCUT2D eigenvalue weighted by atomic mass is 9.94. The minimum absolute atomic E-state index is 0.102. The van der Waals surface area contributed by atoms with Crippen molar-refractivity contribution in [2.45, 2.75) is 28.9 Å². The number of likely N-dealkylation sites (N-methyl/N-ethyl adjacent to an activating group) is 1. The van der Waals surface area contributed by atoms with Gasteiger partial charge < -0.3 is 30.8 Å². The Morgan fingerprint density at radius 3 is 2.41 bits per heavy atom. The molecular formula is C31H34N8O8S2. The molecule has 2 saturated heterocycles. The lowest BCUT2D eigenvalue weighted by molar-refractivity contribution is -0.687. The van der Waals surface area contributed by atoms with Gasteiger partial charge in [0.05, 0.1) is 25.8 Å². The lowest BCUT2D eigenvalue weighted by Crippen LogP contribution is -2.85. The third-order valence-corrected chi connectivity index (χ3v) is 10.7. The number of fused-ring (bicyclic) bond motifs is 1. The zero-order valence-electron chi connectivity index (χ0n) is 26.8. The zero-order chi connectivity index (χ0) is 35.5. The number of nitrogens with zero attached hydrogens (tertiary/aromatic N) is 5. The number of thioether (sulfide) groups is 2. The number of aromatic nitrogens is 1. The van der Waals surface area contributed by atoms with Gasteiger partial charge in [0.1, 0.15) is 11.4 Å². The van der Waals surface area contributed by atoms with Crippen molar-refractivity contribution in [3.63, 3.8) is 0 Å². The van der Waals surface area contributed by atoms with Gasteiger partial charge in [-0.15, -0.1) is 23.5 Å².